The van der Waals surface area contributed by atoms with Crippen LogP contribution in [-0.4, -0.2) is 30.5 Å². The lowest BCUT2D eigenvalue weighted by molar-refractivity contribution is -0.0880. The first-order valence-electron chi connectivity index (χ1n) is 3.77. The summed E-state index contributed by atoms with van der Waals surface area (Å²) >= 11 is 0. The molecule has 1 heterocycles. The quantitative estimate of drug-likeness (QED) is 0.569. The van der Waals surface area contributed by atoms with Gasteiger partial charge >= 0.3 is 0 Å². The van der Waals surface area contributed by atoms with Crippen LogP contribution in [0.1, 0.15) is 19.3 Å². The number of hydrogen-bond acceptors (Lipinski definition) is 3. The molecule has 0 amide bonds. The van der Waals surface area contributed by atoms with Gasteiger partial charge in [-0.25, -0.2) is 0 Å². The Morgan fingerprint density at radius 1 is 1.60 bits per heavy atom. The van der Waals surface area contributed by atoms with Gasteiger partial charge in [0.15, 0.2) is 0 Å². The minimum atomic E-state index is -0.618. The lowest BCUT2D eigenvalue weighted by atomic mass is 9.93. The number of rotatable bonds is 2. The summed E-state index contributed by atoms with van der Waals surface area (Å²) in [4.78, 5) is 0. The van der Waals surface area contributed by atoms with Crippen LogP contribution in [0.2, 0.25) is 0 Å². The summed E-state index contributed by atoms with van der Waals surface area (Å²) in [5, 5.41) is 9.67. The van der Waals surface area contributed by atoms with E-state index in [9.17, 15) is 5.11 Å². The predicted molar refractivity (Wildman–Crippen MR) is 38.7 cm³/mol. The molecule has 1 saturated heterocycles. The molecule has 0 radical (unpaired) electrons. The number of nitrogens with two attached hydrogens (primary N) is 1. The third-order valence-electron chi connectivity index (χ3n) is 1.91. The summed E-state index contributed by atoms with van der Waals surface area (Å²) in [5.41, 5.74) is 4.71. The van der Waals surface area contributed by atoms with Crippen LogP contribution in [0.25, 0.3) is 0 Å². The van der Waals surface area contributed by atoms with Crippen molar-refractivity contribution in [1.29, 1.82) is 0 Å². The minimum Gasteiger partial charge on any atom is -0.387 e. The highest BCUT2D eigenvalue weighted by atomic mass is 16.5. The van der Waals surface area contributed by atoms with Crippen molar-refractivity contribution in [2.45, 2.75) is 24.9 Å². The summed E-state index contributed by atoms with van der Waals surface area (Å²) < 4.78 is 5.13. The van der Waals surface area contributed by atoms with Crippen LogP contribution in [0.5, 0.6) is 0 Å². The highest BCUT2D eigenvalue weighted by Crippen LogP contribution is 2.21. The number of aliphatic hydroxyl groups is 1. The van der Waals surface area contributed by atoms with E-state index in [1.165, 1.54) is 0 Å². The van der Waals surface area contributed by atoms with Crippen LogP contribution >= 0.6 is 0 Å². The summed E-state index contributed by atoms with van der Waals surface area (Å²) in [5.74, 6) is 0. The Kier molecular flexibility index (Phi) is 2.65. The molecule has 3 nitrogen and oxygen atoms in total. The van der Waals surface area contributed by atoms with Gasteiger partial charge in [0.1, 0.15) is 0 Å². The van der Waals surface area contributed by atoms with Gasteiger partial charge in [0, 0.05) is 6.61 Å². The van der Waals surface area contributed by atoms with Crippen molar-refractivity contribution in [1.82, 2.24) is 0 Å². The molecule has 0 unspecified atom stereocenters. The van der Waals surface area contributed by atoms with Crippen molar-refractivity contribution in [2.75, 3.05) is 19.8 Å². The van der Waals surface area contributed by atoms with E-state index in [0.29, 0.717) is 19.6 Å². The highest BCUT2D eigenvalue weighted by Gasteiger charge is 2.28. The van der Waals surface area contributed by atoms with Crippen molar-refractivity contribution in [3.63, 3.8) is 0 Å². The van der Waals surface area contributed by atoms with Gasteiger partial charge in [0.2, 0.25) is 0 Å². The standard InChI is InChI=1S/C7H15NO2/c8-4-3-7(9)2-1-5-10-6-7/h9H,1-6,8H2/t7-/m0/s1. The molecule has 0 saturated carbocycles. The summed E-state index contributed by atoms with van der Waals surface area (Å²) in [6, 6.07) is 0. The highest BCUT2D eigenvalue weighted by molar-refractivity contribution is 4.80. The molecule has 1 aliphatic heterocycles. The van der Waals surface area contributed by atoms with E-state index >= 15 is 0 Å². The third-order valence-corrected chi connectivity index (χ3v) is 1.91. The Balaban J connectivity index is 2.32. The zero-order valence-electron chi connectivity index (χ0n) is 6.18. The van der Waals surface area contributed by atoms with Gasteiger partial charge < -0.3 is 15.6 Å². The van der Waals surface area contributed by atoms with Crippen LogP contribution in [0.4, 0.5) is 0 Å². The molecule has 0 aliphatic carbocycles. The van der Waals surface area contributed by atoms with E-state index in [-0.39, 0.29) is 0 Å². The maximum Gasteiger partial charge on any atom is 0.0893 e. The molecule has 3 N–H and O–H groups in total. The second-order valence-corrected chi connectivity index (χ2v) is 2.92. The second kappa shape index (κ2) is 3.32. The van der Waals surface area contributed by atoms with Gasteiger partial charge in [0.05, 0.1) is 12.2 Å². The van der Waals surface area contributed by atoms with Crippen molar-refractivity contribution in [3.8, 4) is 0 Å². The molecule has 10 heavy (non-hydrogen) atoms. The first-order chi connectivity index (χ1) is 4.77. The van der Waals surface area contributed by atoms with Crippen molar-refractivity contribution < 1.29 is 9.84 Å². The van der Waals surface area contributed by atoms with E-state index in [1.54, 1.807) is 0 Å². The molecular weight excluding hydrogens is 130 g/mol. The van der Waals surface area contributed by atoms with Gasteiger partial charge in [-0.15, -0.1) is 0 Å². The zero-order chi connectivity index (χ0) is 7.45. The molecule has 1 atom stereocenters. The fraction of sp³-hybridized carbons (Fsp3) is 1.00. The fourth-order valence-corrected chi connectivity index (χ4v) is 1.30. The van der Waals surface area contributed by atoms with Crippen LogP contribution < -0.4 is 5.73 Å². The second-order valence-electron chi connectivity index (χ2n) is 2.92. The Labute approximate surface area is 61.2 Å². The Morgan fingerprint density at radius 3 is 2.90 bits per heavy atom. The Morgan fingerprint density at radius 2 is 2.40 bits per heavy atom. The molecule has 1 fully saturated rings. The number of hydrogen-bond donors (Lipinski definition) is 2. The van der Waals surface area contributed by atoms with Gasteiger partial charge in [-0.2, -0.15) is 0 Å². The SMILES string of the molecule is NCC[C@@]1(O)CCCOC1. The van der Waals surface area contributed by atoms with Crippen molar-refractivity contribution in [2.24, 2.45) is 5.73 Å². The van der Waals surface area contributed by atoms with E-state index in [2.05, 4.69) is 0 Å². The van der Waals surface area contributed by atoms with Crippen LogP contribution in [0, 0.1) is 0 Å². The van der Waals surface area contributed by atoms with Gasteiger partial charge in [0.25, 0.3) is 0 Å². The largest absolute Gasteiger partial charge is 0.387 e. The molecule has 0 aromatic rings. The predicted octanol–water partition coefficient (Wildman–Crippen LogP) is -0.123. The molecular formula is C7H15NO2. The van der Waals surface area contributed by atoms with E-state index in [0.717, 1.165) is 19.4 Å². The molecule has 1 rings (SSSR count). The zero-order valence-corrected chi connectivity index (χ0v) is 6.18. The summed E-state index contributed by atoms with van der Waals surface area (Å²) in [6.45, 7) is 1.79. The first kappa shape index (κ1) is 7.98. The van der Waals surface area contributed by atoms with E-state index < -0.39 is 5.60 Å². The lowest BCUT2D eigenvalue weighted by Crippen LogP contribution is -2.40. The lowest BCUT2D eigenvalue weighted by Gasteiger charge is -2.31. The van der Waals surface area contributed by atoms with Gasteiger partial charge in [-0.3, -0.25) is 0 Å². The van der Waals surface area contributed by atoms with Crippen LogP contribution in [-0.2, 0) is 4.74 Å². The maximum atomic E-state index is 9.67. The van der Waals surface area contributed by atoms with E-state index in [4.69, 9.17) is 10.5 Å². The smallest absolute Gasteiger partial charge is 0.0893 e. The third kappa shape index (κ3) is 1.94. The van der Waals surface area contributed by atoms with E-state index in [1.807, 2.05) is 0 Å². The minimum absolute atomic E-state index is 0.462. The van der Waals surface area contributed by atoms with Crippen LogP contribution in [0.15, 0.2) is 0 Å². The molecule has 0 spiro atoms. The molecule has 0 aromatic carbocycles. The maximum absolute atomic E-state index is 9.67. The summed E-state index contributed by atoms with van der Waals surface area (Å²) in [6.07, 6.45) is 2.45. The van der Waals surface area contributed by atoms with Crippen molar-refractivity contribution >= 4 is 0 Å². The fourth-order valence-electron chi connectivity index (χ4n) is 1.30. The van der Waals surface area contributed by atoms with Crippen molar-refractivity contribution in [3.05, 3.63) is 0 Å². The van der Waals surface area contributed by atoms with Gasteiger partial charge in [-0.05, 0) is 25.8 Å². The molecule has 0 bridgehead atoms. The Hall–Kier alpha value is -0.120. The Bertz CT molecular complexity index is 94.3. The molecule has 60 valence electrons. The topological polar surface area (TPSA) is 55.5 Å². The first-order valence-corrected chi connectivity index (χ1v) is 3.77. The normalized spacial score (nSPS) is 34.2. The van der Waals surface area contributed by atoms with Crippen LogP contribution in [0.3, 0.4) is 0 Å². The number of ether oxygens (including phenoxy) is 1. The molecule has 3 heteroatoms. The molecule has 0 aromatic heterocycles. The monoisotopic (exact) mass is 145 g/mol. The molecule has 1 aliphatic rings. The summed E-state index contributed by atoms with van der Waals surface area (Å²) in [7, 11) is 0. The van der Waals surface area contributed by atoms with Gasteiger partial charge in [-0.1, -0.05) is 0 Å². The average Bonchev–Trinajstić information content (AvgIpc) is 1.89. The average molecular weight is 145 g/mol.